The highest BCUT2D eigenvalue weighted by molar-refractivity contribution is 7.18. The molecule has 1 N–H and O–H groups in total. The van der Waals surface area contributed by atoms with Crippen LogP contribution in [0.4, 0.5) is 0 Å². The monoisotopic (exact) mass is 382 g/mol. The minimum atomic E-state index is 0.120. The molecule has 0 fully saturated rings. The van der Waals surface area contributed by atoms with Crippen LogP contribution in [-0.2, 0) is 25.9 Å². The summed E-state index contributed by atoms with van der Waals surface area (Å²) < 4.78 is 1.76. The SMILES string of the molecule is CN(C)CCn1cnc2sc3c(c2c1=O)CCC(NCc1ccccc1)C3. The molecule has 1 unspecified atom stereocenters. The van der Waals surface area contributed by atoms with Crippen LogP contribution >= 0.6 is 11.3 Å². The van der Waals surface area contributed by atoms with Gasteiger partial charge in [-0.05, 0) is 44.5 Å². The maximum Gasteiger partial charge on any atom is 0.262 e. The summed E-state index contributed by atoms with van der Waals surface area (Å²) in [7, 11) is 4.04. The molecule has 2 heterocycles. The minimum absolute atomic E-state index is 0.120. The van der Waals surface area contributed by atoms with Gasteiger partial charge in [0.2, 0.25) is 0 Å². The maximum atomic E-state index is 13.0. The Morgan fingerprint density at radius 2 is 2.11 bits per heavy atom. The second-order valence-corrected chi connectivity index (χ2v) is 8.62. The van der Waals surface area contributed by atoms with Crippen molar-refractivity contribution in [2.45, 2.75) is 38.4 Å². The van der Waals surface area contributed by atoms with Gasteiger partial charge in [0.25, 0.3) is 5.56 Å². The van der Waals surface area contributed by atoms with E-state index in [1.807, 2.05) is 20.2 Å². The molecule has 6 heteroatoms. The van der Waals surface area contributed by atoms with Crippen molar-refractivity contribution < 1.29 is 0 Å². The summed E-state index contributed by atoms with van der Waals surface area (Å²) in [6, 6.07) is 11.0. The van der Waals surface area contributed by atoms with E-state index in [4.69, 9.17) is 0 Å². The van der Waals surface area contributed by atoms with E-state index >= 15 is 0 Å². The first-order chi connectivity index (χ1) is 13.1. The van der Waals surface area contributed by atoms with Crippen LogP contribution in [0.5, 0.6) is 0 Å². The third-order valence-corrected chi connectivity index (χ3v) is 6.42. The molecule has 1 aliphatic carbocycles. The van der Waals surface area contributed by atoms with Gasteiger partial charge in [-0.15, -0.1) is 11.3 Å². The van der Waals surface area contributed by atoms with Crippen molar-refractivity contribution in [3.05, 3.63) is 63.0 Å². The molecule has 2 aromatic heterocycles. The Morgan fingerprint density at radius 3 is 2.89 bits per heavy atom. The Labute approximate surface area is 163 Å². The molecule has 0 radical (unpaired) electrons. The van der Waals surface area contributed by atoms with Gasteiger partial charge < -0.3 is 10.2 Å². The number of fused-ring (bicyclic) bond motifs is 3. The van der Waals surface area contributed by atoms with E-state index in [0.29, 0.717) is 12.6 Å². The van der Waals surface area contributed by atoms with Gasteiger partial charge in [0.05, 0.1) is 11.7 Å². The second kappa shape index (κ2) is 7.92. The number of likely N-dealkylation sites (N-methyl/N-ethyl adjacent to an activating group) is 1. The molecule has 142 valence electrons. The Bertz CT molecular complexity index is 977. The van der Waals surface area contributed by atoms with Gasteiger partial charge in [0.15, 0.2) is 0 Å². The molecule has 0 saturated heterocycles. The van der Waals surface area contributed by atoms with Crippen molar-refractivity contribution in [3.63, 3.8) is 0 Å². The number of hydrogen-bond acceptors (Lipinski definition) is 5. The van der Waals surface area contributed by atoms with Crippen molar-refractivity contribution in [3.8, 4) is 0 Å². The Hall–Kier alpha value is -2.02. The number of hydrogen-bond donors (Lipinski definition) is 1. The van der Waals surface area contributed by atoms with Gasteiger partial charge in [-0.3, -0.25) is 9.36 Å². The summed E-state index contributed by atoms with van der Waals surface area (Å²) in [5.41, 5.74) is 2.67. The molecule has 1 aromatic carbocycles. The van der Waals surface area contributed by atoms with Crippen LogP contribution in [0.3, 0.4) is 0 Å². The fourth-order valence-corrected chi connectivity index (χ4v) is 4.96. The van der Waals surface area contributed by atoms with Crippen LogP contribution in [0.1, 0.15) is 22.4 Å². The lowest BCUT2D eigenvalue weighted by Gasteiger charge is -2.23. The average molecular weight is 383 g/mol. The molecule has 0 aliphatic heterocycles. The zero-order valence-corrected chi connectivity index (χ0v) is 16.8. The zero-order chi connectivity index (χ0) is 18.8. The minimum Gasteiger partial charge on any atom is -0.310 e. The quantitative estimate of drug-likeness (QED) is 0.712. The van der Waals surface area contributed by atoms with Gasteiger partial charge in [-0.2, -0.15) is 0 Å². The Balaban J connectivity index is 1.52. The summed E-state index contributed by atoms with van der Waals surface area (Å²) in [6.45, 7) is 2.41. The molecule has 4 rings (SSSR count). The lowest BCUT2D eigenvalue weighted by atomic mass is 9.93. The maximum absolute atomic E-state index is 13.0. The van der Waals surface area contributed by atoms with E-state index in [9.17, 15) is 4.79 Å². The van der Waals surface area contributed by atoms with Gasteiger partial charge in [-0.25, -0.2) is 4.98 Å². The third-order valence-electron chi connectivity index (χ3n) is 5.26. The van der Waals surface area contributed by atoms with Crippen molar-refractivity contribution in [2.24, 2.45) is 0 Å². The van der Waals surface area contributed by atoms with Crippen LogP contribution < -0.4 is 10.9 Å². The van der Waals surface area contributed by atoms with Crippen LogP contribution in [0.25, 0.3) is 10.2 Å². The highest BCUT2D eigenvalue weighted by Gasteiger charge is 2.25. The smallest absolute Gasteiger partial charge is 0.262 e. The molecular formula is C21H26N4OS. The van der Waals surface area contributed by atoms with E-state index in [-0.39, 0.29) is 5.56 Å². The fraction of sp³-hybridized carbons (Fsp3) is 0.429. The van der Waals surface area contributed by atoms with E-state index in [2.05, 4.69) is 39.5 Å². The Kier molecular flexibility index (Phi) is 5.38. The molecule has 5 nitrogen and oxygen atoms in total. The van der Waals surface area contributed by atoms with E-state index in [1.165, 1.54) is 16.0 Å². The summed E-state index contributed by atoms with van der Waals surface area (Å²) in [5.74, 6) is 0. The van der Waals surface area contributed by atoms with E-state index in [0.717, 1.165) is 42.6 Å². The first-order valence-corrected chi connectivity index (χ1v) is 10.3. The van der Waals surface area contributed by atoms with Gasteiger partial charge in [0, 0.05) is 30.6 Å². The molecule has 0 bridgehead atoms. The fourth-order valence-electron chi connectivity index (χ4n) is 3.70. The molecular weight excluding hydrogens is 356 g/mol. The van der Waals surface area contributed by atoms with E-state index < -0.39 is 0 Å². The number of nitrogens with one attached hydrogen (secondary N) is 1. The summed E-state index contributed by atoms with van der Waals surface area (Å²) in [4.78, 5) is 21.9. The Morgan fingerprint density at radius 1 is 1.30 bits per heavy atom. The highest BCUT2D eigenvalue weighted by Crippen LogP contribution is 2.33. The summed E-state index contributed by atoms with van der Waals surface area (Å²) in [5, 5.41) is 4.54. The normalized spacial score (nSPS) is 16.8. The lowest BCUT2D eigenvalue weighted by Crippen LogP contribution is -2.34. The van der Waals surface area contributed by atoms with Crippen molar-refractivity contribution in [2.75, 3.05) is 20.6 Å². The van der Waals surface area contributed by atoms with Crippen molar-refractivity contribution in [1.29, 1.82) is 0 Å². The molecule has 0 amide bonds. The molecule has 27 heavy (non-hydrogen) atoms. The van der Waals surface area contributed by atoms with Crippen LogP contribution in [-0.4, -0.2) is 41.1 Å². The molecule has 0 saturated carbocycles. The molecule has 1 atom stereocenters. The topological polar surface area (TPSA) is 50.2 Å². The largest absolute Gasteiger partial charge is 0.310 e. The summed E-state index contributed by atoms with van der Waals surface area (Å²) >= 11 is 1.70. The predicted molar refractivity (Wildman–Crippen MR) is 112 cm³/mol. The third kappa shape index (κ3) is 3.98. The second-order valence-electron chi connectivity index (χ2n) is 7.54. The van der Waals surface area contributed by atoms with Gasteiger partial charge in [0.1, 0.15) is 4.83 Å². The van der Waals surface area contributed by atoms with Crippen molar-refractivity contribution in [1.82, 2.24) is 19.8 Å². The number of thiophene rings is 1. The molecule has 3 aromatic rings. The number of rotatable bonds is 6. The molecule has 1 aliphatic rings. The molecule has 0 spiro atoms. The van der Waals surface area contributed by atoms with Gasteiger partial charge in [-0.1, -0.05) is 30.3 Å². The number of nitrogens with zero attached hydrogens (tertiary/aromatic N) is 3. The number of aromatic nitrogens is 2. The van der Waals surface area contributed by atoms with E-state index in [1.54, 1.807) is 22.2 Å². The van der Waals surface area contributed by atoms with Crippen LogP contribution in [0, 0.1) is 0 Å². The van der Waals surface area contributed by atoms with Crippen molar-refractivity contribution >= 4 is 21.6 Å². The first kappa shape index (κ1) is 18.3. The van der Waals surface area contributed by atoms with Crippen LogP contribution in [0.15, 0.2) is 41.5 Å². The predicted octanol–water partition coefficient (Wildman–Crippen LogP) is 2.67. The average Bonchev–Trinajstić information content (AvgIpc) is 3.05. The van der Waals surface area contributed by atoms with Crippen LogP contribution in [0.2, 0.25) is 0 Å². The standard InChI is InChI=1S/C21H26N4OS/c1-24(2)10-11-25-14-23-20-19(21(25)26)17-9-8-16(12-18(17)27-20)22-13-15-6-4-3-5-7-15/h3-7,14,16,22H,8-13H2,1-2H3. The number of aryl methyl sites for hydroxylation is 1. The highest BCUT2D eigenvalue weighted by atomic mass is 32.1. The van der Waals surface area contributed by atoms with Gasteiger partial charge >= 0.3 is 0 Å². The first-order valence-electron chi connectivity index (χ1n) is 9.53. The zero-order valence-electron chi connectivity index (χ0n) is 15.9. The lowest BCUT2D eigenvalue weighted by molar-refractivity contribution is 0.380. The summed E-state index contributed by atoms with van der Waals surface area (Å²) in [6.07, 6.45) is 4.72. The number of benzene rings is 1.